The molecule has 0 amide bonds. The average Bonchev–Trinajstić information content (AvgIpc) is 2.26. The van der Waals surface area contributed by atoms with Crippen molar-refractivity contribution in [2.75, 3.05) is 0 Å². The van der Waals surface area contributed by atoms with Crippen LogP contribution in [-0.2, 0) is 5.41 Å². The van der Waals surface area contributed by atoms with E-state index in [1.165, 1.54) is 16.5 Å². The van der Waals surface area contributed by atoms with E-state index in [2.05, 4.69) is 63.9 Å². The molecule has 0 aliphatic heterocycles. The molecule has 90 valence electrons. The summed E-state index contributed by atoms with van der Waals surface area (Å²) < 4.78 is 0. The van der Waals surface area contributed by atoms with Crippen LogP contribution in [0.4, 0.5) is 0 Å². The van der Waals surface area contributed by atoms with E-state index in [0.29, 0.717) is 5.92 Å². The maximum absolute atomic E-state index is 4.50. The normalized spacial score (nSPS) is 12.4. The van der Waals surface area contributed by atoms with E-state index in [0.717, 1.165) is 5.52 Å². The Bertz CT molecular complexity index is 533. The first-order valence-corrected chi connectivity index (χ1v) is 6.29. The Labute approximate surface area is 104 Å². The first kappa shape index (κ1) is 12.1. The number of pyridine rings is 1. The average molecular weight is 227 g/mol. The van der Waals surface area contributed by atoms with E-state index < -0.39 is 0 Å². The predicted octanol–water partition coefficient (Wildman–Crippen LogP) is 4.66. The molecule has 1 nitrogen and oxygen atoms in total. The van der Waals surface area contributed by atoms with Crippen LogP contribution < -0.4 is 0 Å². The molecule has 0 aliphatic carbocycles. The van der Waals surface area contributed by atoms with Gasteiger partial charge in [0.25, 0.3) is 0 Å². The summed E-state index contributed by atoms with van der Waals surface area (Å²) in [5.74, 6) is 0.543. The van der Waals surface area contributed by atoms with Gasteiger partial charge in [0.05, 0.1) is 5.52 Å². The molecule has 0 saturated carbocycles. The van der Waals surface area contributed by atoms with Gasteiger partial charge in [0.15, 0.2) is 0 Å². The lowest BCUT2D eigenvalue weighted by molar-refractivity contribution is 0.591. The largest absolute Gasteiger partial charge is 0.256 e. The van der Waals surface area contributed by atoms with Crippen molar-refractivity contribution in [1.82, 2.24) is 4.98 Å². The summed E-state index contributed by atoms with van der Waals surface area (Å²) in [5, 5.41) is 1.29. The van der Waals surface area contributed by atoms with Gasteiger partial charge in [0.2, 0.25) is 0 Å². The number of hydrogen-bond acceptors (Lipinski definition) is 1. The van der Waals surface area contributed by atoms with Crippen molar-refractivity contribution in [3.05, 3.63) is 41.6 Å². The molecule has 2 rings (SSSR count). The Morgan fingerprint density at radius 1 is 1.06 bits per heavy atom. The SMILES string of the molecule is CC(C)c1ccnc2cc(C(C)(C)C)ccc12. The van der Waals surface area contributed by atoms with Gasteiger partial charge in [-0.25, -0.2) is 0 Å². The first-order chi connectivity index (χ1) is 7.89. The Kier molecular flexibility index (Phi) is 2.94. The van der Waals surface area contributed by atoms with Crippen molar-refractivity contribution in [3.63, 3.8) is 0 Å². The maximum Gasteiger partial charge on any atom is 0.0707 e. The molecule has 0 bridgehead atoms. The molecule has 0 N–H and O–H groups in total. The number of hydrogen-bond donors (Lipinski definition) is 0. The highest BCUT2D eigenvalue weighted by molar-refractivity contribution is 5.83. The second-order valence-electron chi connectivity index (χ2n) is 6.04. The molecule has 0 saturated heterocycles. The predicted molar refractivity (Wildman–Crippen MR) is 74.5 cm³/mol. The molecule has 0 fully saturated rings. The summed E-state index contributed by atoms with van der Waals surface area (Å²) >= 11 is 0. The third kappa shape index (κ3) is 2.33. The third-order valence-electron chi connectivity index (χ3n) is 3.26. The zero-order valence-corrected chi connectivity index (χ0v) is 11.4. The second kappa shape index (κ2) is 4.14. The van der Waals surface area contributed by atoms with Gasteiger partial charge in [-0.1, -0.05) is 46.8 Å². The van der Waals surface area contributed by atoms with Crippen LogP contribution in [0.5, 0.6) is 0 Å². The fraction of sp³-hybridized carbons (Fsp3) is 0.438. The summed E-state index contributed by atoms with van der Waals surface area (Å²) in [5.41, 5.74) is 4.03. The van der Waals surface area contributed by atoms with Gasteiger partial charge in [-0.15, -0.1) is 0 Å². The summed E-state index contributed by atoms with van der Waals surface area (Å²) in [6.07, 6.45) is 1.92. The smallest absolute Gasteiger partial charge is 0.0707 e. The molecule has 0 radical (unpaired) electrons. The summed E-state index contributed by atoms with van der Waals surface area (Å²) in [6, 6.07) is 8.80. The van der Waals surface area contributed by atoms with Gasteiger partial charge >= 0.3 is 0 Å². The summed E-state index contributed by atoms with van der Waals surface area (Å²) in [4.78, 5) is 4.50. The number of nitrogens with zero attached hydrogens (tertiary/aromatic N) is 1. The lowest BCUT2D eigenvalue weighted by Gasteiger charge is -2.20. The van der Waals surface area contributed by atoms with Crippen molar-refractivity contribution in [2.24, 2.45) is 0 Å². The lowest BCUT2D eigenvalue weighted by atomic mass is 9.86. The zero-order valence-electron chi connectivity index (χ0n) is 11.4. The molecular weight excluding hydrogens is 206 g/mol. The van der Waals surface area contributed by atoms with Crippen LogP contribution in [0.2, 0.25) is 0 Å². The van der Waals surface area contributed by atoms with Crippen LogP contribution in [0.3, 0.4) is 0 Å². The second-order valence-corrected chi connectivity index (χ2v) is 6.04. The minimum Gasteiger partial charge on any atom is -0.256 e. The molecular formula is C16H21N. The van der Waals surface area contributed by atoms with Crippen LogP contribution in [0.25, 0.3) is 10.9 Å². The molecule has 1 aromatic heterocycles. The topological polar surface area (TPSA) is 12.9 Å². The Hall–Kier alpha value is -1.37. The van der Waals surface area contributed by atoms with Gasteiger partial charge in [-0.2, -0.15) is 0 Å². The molecule has 0 atom stereocenters. The van der Waals surface area contributed by atoms with E-state index in [4.69, 9.17) is 0 Å². The fourth-order valence-electron chi connectivity index (χ4n) is 2.14. The van der Waals surface area contributed by atoms with Crippen LogP contribution >= 0.6 is 0 Å². The van der Waals surface area contributed by atoms with E-state index in [-0.39, 0.29) is 5.41 Å². The van der Waals surface area contributed by atoms with Crippen molar-refractivity contribution in [1.29, 1.82) is 0 Å². The molecule has 17 heavy (non-hydrogen) atoms. The molecule has 0 spiro atoms. The van der Waals surface area contributed by atoms with Gasteiger partial charge in [-0.3, -0.25) is 4.98 Å². The van der Waals surface area contributed by atoms with E-state index in [1.807, 2.05) is 6.20 Å². The van der Waals surface area contributed by atoms with Gasteiger partial charge in [0.1, 0.15) is 0 Å². The highest BCUT2D eigenvalue weighted by atomic mass is 14.6. The fourth-order valence-corrected chi connectivity index (χ4v) is 2.14. The third-order valence-corrected chi connectivity index (χ3v) is 3.26. The summed E-state index contributed by atoms with van der Waals surface area (Å²) in [7, 11) is 0. The summed E-state index contributed by atoms with van der Waals surface area (Å²) in [6.45, 7) is 11.2. The minimum absolute atomic E-state index is 0.184. The van der Waals surface area contributed by atoms with Gasteiger partial charge in [0, 0.05) is 11.6 Å². The van der Waals surface area contributed by atoms with Gasteiger partial charge in [-0.05, 0) is 34.6 Å². The molecule has 2 aromatic rings. The van der Waals surface area contributed by atoms with E-state index in [1.54, 1.807) is 0 Å². The Balaban J connectivity index is 2.65. The molecule has 1 heterocycles. The molecule has 0 aliphatic rings. The number of aromatic nitrogens is 1. The minimum atomic E-state index is 0.184. The standard InChI is InChI=1S/C16H21N/c1-11(2)13-8-9-17-15-10-12(16(3,4)5)6-7-14(13)15/h6-11H,1-5H3. The van der Waals surface area contributed by atoms with Crippen molar-refractivity contribution >= 4 is 10.9 Å². The molecule has 0 unspecified atom stereocenters. The van der Waals surface area contributed by atoms with Gasteiger partial charge < -0.3 is 0 Å². The van der Waals surface area contributed by atoms with Crippen LogP contribution in [0.1, 0.15) is 51.7 Å². The van der Waals surface area contributed by atoms with E-state index >= 15 is 0 Å². The van der Waals surface area contributed by atoms with Crippen LogP contribution in [0, 0.1) is 0 Å². The quantitative estimate of drug-likeness (QED) is 0.690. The number of fused-ring (bicyclic) bond motifs is 1. The monoisotopic (exact) mass is 227 g/mol. The van der Waals surface area contributed by atoms with Crippen molar-refractivity contribution in [2.45, 2.75) is 46.0 Å². The number of rotatable bonds is 1. The van der Waals surface area contributed by atoms with Crippen molar-refractivity contribution in [3.8, 4) is 0 Å². The molecule has 1 aromatic carbocycles. The Morgan fingerprint density at radius 2 is 1.76 bits per heavy atom. The van der Waals surface area contributed by atoms with Crippen LogP contribution in [0.15, 0.2) is 30.5 Å². The lowest BCUT2D eigenvalue weighted by Crippen LogP contribution is -2.10. The number of benzene rings is 1. The highest BCUT2D eigenvalue weighted by Gasteiger charge is 2.15. The maximum atomic E-state index is 4.50. The molecule has 1 heteroatoms. The highest BCUT2D eigenvalue weighted by Crippen LogP contribution is 2.28. The van der Waals surface area contributed by atoms with Crippen molar-refractivity contribution < 1.29 is 0 Å². The Morgan fingerprint density at radius 3 is 2.35 bits per heavy atom. The van der Waals surface area contributed by atoms with E-state index in [9.17, 15) is 0 Å². The zero-order chi connectivity index (χ0) is 12.6. The van der Waals surface area contributed by atoms with Crippen LogP contribution in [-0.4, -0.2) is 4.98 Å². The first-order valence-electron chi connectivity index (χ1n) is 6.29.